The minimum atomic E-state index is -0.0937. The van der Waals surface area contributed by atoms with E-state index in [1.54, 1.807) is 12.0 Å². The molecule has 29 heavy (non-hydrogen) atoms. The summed E-state index contributed by atoms with van der Waals surface area (Å²) in [5.41, 5.74) is 1.95. The predicted molar refractivity (Wildman–Crippen MR) is 114 cm³/mol. The molecule has 0 bridgehead atoms. The van der Waals surface area contributed by atoms with Gasteiger partial charge in [-0.25, -0.2) is 9.97 Å². The predicted octanol–water partition coefficient (Wildman–Crippen LogP) is 3.22. The van der Waals surface area contributed by atoms with Crippen molar-refractivity contribution in [2.24, 2.45) is 0 Å². The lowest BCUT2D eigenvalue weighted by atomic mass is 10.1. The largest absolute Gasteiger partial charge is 0.497 e. The number of hydrogen-bond donors (Lipinski definition) is 2. The molecule has 1 aliphatic rings. The Labute approximate surface area is 173 Å². The highest BCUT2D eigenvalue weighted by Crippen LogP contribution is 2.35. The molecule has 1 amide bonds. The Morgan fingerprint density at radius 1 is 1.41 bits per heavy atom. The third kappa shape index (κ3) is 3.77. The number of aromatic nitrogens is 2. The van der Waals surface area contributed by atoms with Gasteiger partial charge in [-0.2, -0.15) is 0 Å². The average Bonchev–Trinajstić information content (AvgIpc) is 3.37. The Hall–Kier alpha value is -2.71. The molecular weight excluding hydrogens is 388 g/mol. The molecule has 3 aromatic rings. The Kier molecular flexibility index (Phi) is 5.64. The summed E-state index contributed by atoms with van der Waals surface area (Å²) in [5.74, 6) is 1.49. The molecule has 1 atom stereocenters. The van der Waals surface area contributed by atoms with Crippen LogP contribution in [0.1, 0.15) is 33.6 Å². The molecule has 8 heteroatoms. The molecule has 0 unspecified atom stereocenters. The molecule has 1 aliphatic heterocycles. The quantitative estimate of drug-likeness (QED) is 0.646. The lowest BCUT2D eigenvalue weighted by Crippen LogP contribution is -2.37. The van der Waals surface area contributed by atoms with Crippen molar-refractivity contribution >= 4 is 33.3 Å². The zero-order valence-corrected chi connectivity index (χ0v) is 17.3. The van der Waals surface area contributed by atoms with Crippen molar-refractivity contribution in [3.63, 3.8) is 0 Å². The van der Waals surface area contributed by atoms with E-state index >= 15 is 0 Å². The molecule has 0 aliphatic carbocycles. The lowest BCUT2D eigenvalue weighted by Gasteiger charge is -2.22. The molecule has 0 radical (unpaired) electrons. The highest BCUT2D eigenvalue weighted by molar-refractivity contribution is 7.20. The van der Waals surface area contributed by atoms with Gasteiger partial charge in [-0.3, -0.25) is 4.79 Å². The second-order valence-electron chi connectivity index (χ2n) is 7.14. The van der Waals surface area contributed by atoms with Gasteiger partial charge in [-0.15, -0.1) is 11.3 Å². The third-order valence-electron chi connectivity index (χ3n) is 5.36. The summed E-state index contributed by atoms with van der Waals surface area (Å²) >= 11 is 1.39. The minimum Gasteiger partial charge on any atom is -0.497 e. The van der Waals surface area contributed by atoms with Gasteiger partial charge in [-0.05, 0) is 43.0 Å². The molecule has 2 N–H and O–H groups in total. The second kappa shape index (κ2) is 8.34. The second-order valence-corrected chi connectivity index (χ2v) is 8.14. The number of thiophene rings is 1. The molecule has 1 aromatic carbocycles. The molecule has 0 saturated carbocycles. The number of hydrogen-bond acceptors (Lipinski definition) is 7. The molecule has 152 valence electrons. The van der Waals surface area contributed by atoms with Crippen LogP contribution in [-0.4, -0.2) is 52.2 Å². The van der Waals surface area contributed by atoms with Crippen LogP contribution >= 0.6 is 11.3 Å². The number of nitrogens with one attached hydrogen (secondary N) is 1. The van der Waals surface area contributed by atoms with E-state index in [4.69, 9.17) is 4.74 Å². The standard InChI is InChI=1S/C21H24N4O3S/c1-13-17-19(22-10-14-5-3-7-16(9-14)28-2)23-12-24-20(17)29-18(13)21(27)25-8-4-6-15(25)11-26/h3,5,7,9,12,15,26H,4,6,8,10-11H2,1-2H3,(H,22,23,24)/t15-/m0/s1. The molecule has 0 spiro atoms. The summed E-state index contributed by atoms with van der Waals surface area (Å²) in [6.45, 7) is 3.21. The van der Waals surface area contributed by atoms with Crippen molar-refractivity contribution in [2.45, 2.75) is 32.4 Å². The summed E-state index contributed by atoms with van der Waals surface area (Å²) in [6.07, 6.45) is 3.29. The summed E-state index contributed by atoms with van der Waals surface area (Å²) in [6, 6.07) is 7.76. The molecule has 7 nitrogen and oxygen atoms in total. The normalized spacial score (nSPS) is 16.4. The van der Waals surface area contributed by atoms with E-state index < -0.39 is 0 Å². The molecule has 2 aromatic heterocycles. The number of aryl methyl sites for hydroxylation is 1. The van der Waals surface area contributed by atoms with Gasteiger partial charge >= 0.3 is 0 Å². The smallest absolute Gasteiger partial charge is 0.264 e. The first-order valence-electron chi connectivity index (χ1n) is 9.65. The van der Waals surface area contributed by atoms with Crippen molar-refractivity contribution in [3.8, 4) is 5.75 Å². The number of fused-ring (bicyclic) bond motifs is 1. The number of aliphatic hydroxyl groups is 1. The number of rotatable bonds is 6. The lowest BCUT2D eigenvalue weighted by molar-refractivity contribution is 0.0682. The average molecular weight is 413 g/mol. The van der Waals surface area contributed by atoms with Crippen LogP contribution in [0.4, 0.5) is 5.82 Å². The van der Waals surface area contributed by atoms with Gasteiger partial charge in [0.25, 0.3) is 5.91 Å². The van der Waals surface area contributed by atoms with Gasteiger partial charge in [0.2, 0.25) is 0 Å². The Balaban J connectivity index is 1.62. The van der Waals surface area contributed by atoms with Gasteiger partial charge in [0, 0.05) is 13.1 Å². The van der Waals surface area contributed by atoms with Gasteiger partial charge in [-0.1, -0.05) is 12.1 Å². The van der Waals surface area contributed by atoms with Crippen molar-refractivity contribution in [1.29, 1.82) is 0 Å². The fourth-order valence-corrected chi connectivity index (χ4v) is 4.91. The van der Waals surface area contributed by atoms with Crippen LogP contribution in [0, 0.1) is 6.92 Å². The minimum absolute atomic E-state index is 0.00281. The van der Waals surface area contributed by atoms with E-state index in [9.17, 15) is 9.90 Å². The third-order valence-corrected chi connectivity index (χ3v) is 6.55. The number of ether oxygens (including phenoxy) is 1. The summed E-state index contributed by atoms with van der Waals surface area (Å²) < 4.78 is 5.28. The highest BCUT2D eigenvalue weighted by Gasteiger charge is 2.31. The summed E-state index contributed by atoms with van der Waals surface area (Å²) in [5, 5.41) is 13.8. The maximum atomic E-state index is 13.1. The summed E-state index contributed by atoms with van der Waals surface area (Å²) in [7, 11) is 1.65. The Morgan fingerprint density at radius 2 is 2.28 bits per heavy atom. The maximum Gasteiger partial charge on any atom is 0.264 e. The zero-order valence-electron chi connectivity index (χ0n) is 16.5. The highest BCUT2D eigenvalue weighted by atomic mass is 32.1. The molecule has 1 saturated heterocycles. The first kappa shape index (κ1) is 19.6. The number of aliphatic hydroxyl groups excluding tert-OH is 1. The van der Waals surface area contributed by atoms with Gasteiger partial charge in [0.05, 0.1) is 30.0 Å². The van der Waals surface area contributed by atoms with Crippen LogP contribution in [-0.2, 0) is 6.54 Å². The summed E-state index contributed by atoms with van der Waals surface area (Å²) in [4.78, 5) is 25.2. The van der Waals surface area contributed by atoms with Crippen molar-refractivity contribution < 1.29 is 14.6 Å². The van der Waals surface area contributed by atoms with Gasteiger partial charge < -0.3 is 20.1 Å². The molecule has 3 heterocycles. The number of nitrogens with zero attached hydrogens (tertiary/aromatic N) is 3. The molecular formula is C21H24N4O3S. The van der Waals surface area contributed by atoms with Crippen LogP contribution < -0.4 is 10.1 Å². The van der Waals surface area contributed by atoms with Crippen LogP contribution in [0.5, 0.6) is 5.75 Å². The van der Waals surface area contributed by atoms with Crippen molar-refractivity contribution in [1.82, 2.24) is 14.9 Å². The van der Waals surface area contributed by atoms with Gasteiger partial charge in [0.15, 0.2) is 0 Å². The van der Waals surface area contributed by atoms with Gasteiger partial charge in [0.1, 0.15) is 22.7 Å². The fraction of sp³-hybridized carbons (Fsp3) is 0.381. The van der Waals surface area contributed by atoms with Crippen LogP contribution in [0.2, 0.25) is 0 Å². The van der Waals surface area contributed by atoms with Crippen molar-refractivity contribution in [2.75, 3.05) is 25.6 Å². The molecule has 4 rings (SSSR count). The van der Waals surface area contributed by atoms with E-state index in [1.165, 1.54) is 17.7 Å². The Bertz CT molecular complexity index is 1040. The number of carbonyl (C=O) groups excluding carboxylic acids is 1. The van der Waals surface area contributed by atoms with E-state index in [1.807, 2.05) is 31.2 Å². The molecule has 1 fully saturated rings. The van der Waals surface area contributed by atoms with Crippen molar-refractivity contribution in [3.05, 3.63) is 46.6 Å². The number of likely N-dealkylation sites (tertiary alicyclic amines) is 1. The first-order chi connectivity index (χ1) is 14.1. The number of benzene rings is 1. The van der Waals surface area contributed by atoms with E-state index in [0.717, 1.165) is 39.9 Å². The zero-order chi connectivity index (χ0) is 20.4. The number of carbonyl (C=O) groups is 1. The van der Waals surface area contributed by atoms with Crippen LogP contribution in [0.25, 0.3) is 10.2 Å². The van der Waals surface area contributed by atoms with E-state index in [-0.39, 0.29) is 18.6 Å². The van der Waals surface area contributed by atoms with E-state index in [2.05, 4.69) is 15.3 Å². The van der Waals surface area contributed by atoms with Crippen LogP contribution in [0.3, 0.4) is 0 Å². The SMILES string of the molecule is COc1cccc(CNc2ncnc3sc(C(=O)N4CCC[C@H]4CO)c(C)c23)c1. The number of anilines is 1. The monoisotopic (exact) mass is 412 g/mol. The maximum absolute atomic E-state index is 13.1. The Morgan fingerprint density at radius 3 is 3.07 bits per heavy atom. The van der Waals surface area contributed by atoms with Crippen LogP contribution in [0.15, 0.2) is 30.6 Å². The first-order valence-corrected chi connectivity index (χ1v) is 10.5. The number of amides is 1. The fourth-order valence-electron chi connectivity index (χ4n) is 3.80. The van der Waals surface area contributed by atoms with E-state index in [0.29, 0.717) is 23.8 Å². The number of methoxy groups -OCH3 is 1. The topological polar surface area (TPSA) is 87.6 Å².